The van der Waals surface area contributed by atoms with Crippen molar-refractivity contribution in [2.24, 2.45) is 0 Å². The predicted octanol–water partition coefficient (Wildman–Crippen LogP) is 3.89. The molecule has 1 aliphatic heterocycles. The molecule has 0 bridgehead atoms. The van der Waals surface area contributed by atoms with Gasteiger partial charge in [-0.15, -0.1) is 0 Å². The molecule has 0 atom stereocenters. The number of hydrogen-bond acceptors (Lipinski definition) is 4. The number of carbonyl (C=O) groups is 3. The minimum absolute atomic E-state index is 0.00281. The Bertz CT molecular complexity index is 945. The summed E-state index contributed by atoms with van der Waals surface area (Å²) in [6.07, 6.45) is 1.36. The Hall–Kier alpha value is -2.45. The normalized spacial score (nSPS) is 16.2. The van der Waals surface area contributed by atoms with Crippen LogP contribution in [0.2, 0.25) is 0 Å². The van der Waals surface area contributed by atoms with Crippen LogP contribution in [0.25, 0.3) is 6.08 Å². The van der Waals surface area contributed by atoms with Gasteiger partial charge in [-0.25, -0.2) is 9.69 Å². The van der Waals surface area contributed by atoms with Crippen molar-refractivity contribution in [2.75, 3.05) is 4.90 Å². The van der Waals surface area contributed by atoms with Crippen molar-refractivity contribution >= 4 is 61.5 Å². The maximum absolute atomic E-state index is 12.8. The molecule has 8 heteroatoms. The van der Waals surface area contributed by atoms with Crippen LogP contribution in [0, 0.1) is 6.92 Å². The summed E-state index contributed by atoms with van der Waals surface area (Å²) in [5.41, 5.74) is 1.65. The van der Waals surface area contributed by atoms with Crippen molar-refractivity contribution in [2.45, 2.75) is 6.92 Å². The molecular formula is C18H12Br2N2O4. The van der Waals surface area contributed by atoms with E-state index >= 15 is 0 Å². The van der Waals surface area contributed by atoms with E-state index in [4.69, 9.17) is 0 Å². The number of nitrogens with zero attached hydrogens (tertiary/aromatic N) is 1. The van der Waals surface area contributed by atoms with Gasteiger partial charge in [-0.05, 0) is 74.7 Å². The third kappa shape index (κ3) is 3.42. The van der Waals surface area contributed by atoms with Crippen LogP contribution in [0.3, 0.4) is 0 Å². The summed E-state index contributed by atoms with van der Waals surface area (Å²) < 4.78 is 0.794. The first kappa shape index (κ1) is 18.3. The average Bonchev–Trinajstić information content (AvgIpc) is 2.58. The van der Waals surface area contributed by atoms with Gasteiger partial charge in [-0.2, -0.15) is 0 Å². The fourth-order valence-electron chi connectivity index (χ4n) is 2.42. The second-order valence-corrected chi connectivity index (χ2v) is 7.34. The van der Waals surface area contributed by atoms with Gasteiger partial charge in [0.2, 0.25) is 0 Å². The minimum atomic E-state index is -0.797. The number of aryl methyl sites for hydroxylation is 1. The number of imide groups is 2. The molecule has 1 heterocycles. The number of rotatable bonds is 2. The van der Waals surface area contributed by atoms with Crippen molar-refractivity contribution in [3.8, 4) is 5.75 Å². The molecule has 26 heavy (non-hydrogen) atoms. The highest BCUT2D eigenvalue weighted by molar-refractivity contribution is 9.11. The standard InChI is InChI=1S/C18H12Br2N2O4/c1-9-2-4-11(5-3-9)22-17(25)12(16(24)21-18(22)26)6-10-7-13(19)15(23)14(20)8-10/h2-8,23H,1H3,(H,21,24,26)/b12-6+. The molecule has 6 nitrogen and oxygen atoms in total. The minimum Gasteiger partial charge on any atom is -0.506 e. The highest BCUT2D eigenvalue weighted by Crippen LogP contribution is 2.34. The largest absolute Gasteiger partial charge is 0.506 e. The van der Waals surface area contributed by atoms with Crippen LogP contribution in [0.15, 0.2) is 50.9 Å². The number of barbiturate groups is 1. The van der Waals surface area contributed by atoms with Gasteiger partial charge in [0.25, 0.3) is 11.8 Å². The smallest absolute Gasteiger partial charge is 0.335 e. The lowest BCUT2D eigenvalue weighted by Gasteiger charge is -2.26. The second-order valence-electron chi connectivity index (χ2n) is 5.63. The zero-order valence-electron chi connectivity index (χ0n) is 13.4. The first-order valence-electron chi connectivity index (χ1n) is 7.44. The molecular weight excluding hydrogens is 468 g/mol. The number of halogens is 2. The third-order valence-electron chi connectivity index (χ3n) is 3.74. The Morgan fingerprint density at radius 2 is 1.62 bits per heavy atom. The van der Waals surface area contributed by atoms with Gasteiger partial charge >= 0.3 is 6.03 Å². The maximum atomic E-state index is 12.8. The van der Waals surface area contributed by atoms with Crippen LogP contribution in [0.5, 0.6) is 5.75 Å². The van der Waals surface area contributed by atoms with Crippen LogP contribution < -0.4 is 10.2 Å². The van der Waals surface area contributed by atoms with Gasteiger partial charge in [-0.3, -0.25) is 14.9 Å². The number of phenolic OH excluding ortho intramolecular Hbond substituents is 1. The molecule has 2 aromatic rings. The summed E-state index contributed by atoms with van der Waals surface area (Å²) in [5.74, 6) is -1.49. The zero-order valence-corrected chi connectivity index (χ0v) is 16.6. The molecule has 4 amide bonds. The molecule has 1 aliphatic rings. The van der Waals surface area contributed by atoms with Gasteiger partial charge in [0.15, 0.2) is 0 Å². The van der Waals surface area contributed by atoms with E-state index in [0.717, 1.165) is 10.5 Å². The Balaban J connectivity index is 2.04. The monoisotopic (exact) mass is 478 g/mol. The first-order chi connectivity index (χ1) is 12.3. The number of nitrogens with one attached hydrogen (secondary N) is 1. The van der Waals surface area contributed by atoms with Crippen LogP contribution in [-0.2, 0) is 9.59 Å². The molecule has 0 saturated carbocycles. The summed E-state index contributed by atoms with van der Waals surface area (Å²) in [6.45, 7) is 1.89. The molecule has 1 saturated heterocycles. The number of amides is 4. The molecule has 0 radical (unpaired) electrons. The van der Waals surface area contributed by atoms with Crippen molar-refractivity contribution in [1.29, 1.82) is 0 Å². The second kappa shape index (κ2) is 7.05. The number of carbonyl (C=O) groups excluding carboxylic acids is 3. The van der Waals surface area contributed by atoms with E-state index in [2.05, 4.69) is 37.2 Å². The number of aromatic hydroxyl groups is 1. The van der Waals surface area contributed by atoms with E-state index < -0.39 is 17.8 Å². The summed E-state index contributed by atoms with van der Waals surface area (Å²) in [7, 11) is 0. The molecule has 0 aliphatic carbocycles. The molecule has 0 aromatic heterocycles. The lowest BCUT2D eigenvalue weighted by atomic mass is 10.1. The quantitative estimate of drug-likeness (QED) is 0.505. The zero-order chi connectivity index (χ0) is 19.0. The molecule has 2 aromatic carbocycles. The molecule has 1 fully saturated rings. The van der Waals surface area contributed by atoms with E-state index in [1.54, 1.807) is 36.4 Å². The van der Waals surface area contributed by atoms with Gasteiger partial charge in [-0.1, -0.05) is 17.7 Å². The number of anilines is 1. The van der Waals surface area contributed by atoms with Crippen molar-refractivity contribution < 1.29 is 19.5 Å². The molecule has 3 rings (SSSR count). The van der Waals surface area contributed by atoms with E-state index in [9.17, 15) is 19.5 Å². The Labute approximate surface area is 165 Å². The van der Waals surface area contributed by atoms with E-state index in [0.29, 0.717) is 20.2 Å². The van der Waals surface area contributed by atoms with E-state index in [1.807, 2.05) is 6.92 Å². The highest BCUT2D eigenvalue weighted by atomic mass is 79.9. The SMILES string of the molecule is Cc1ccc(N2C(=O)NC(=O)/C(=C\c3cc(Br)c(O)c(Br)c3)C2=O)cc1. The summed E-state index contributed by atoms with van der Waals surface area (Å²) in [6, 6.07) is 9.12. The van der Waals surface area contributed by atoms with Gasteiger partial charge in [0, 0.05) is 0 Å². The lowest BCUT2D eigenvalue weighted by Crippen LogP contribution is -2.54. The summed E-state index contributed by atoms with van der Waals surface area (Å²) in [4.78, 5) is 38.0. The topological polar surface area (TPSA) is 86.7 Å². The van der Waals surface area contributed by atoms with Crippen molar-refractivity contribution in [3.05, 3.63) is 62.0 Å². The van der Waals surface area contributed by atoms with Crippen LogP contribution in [-0.4, -0.2) is 23.0 Å². The van der Waals surface area contributed by atoms with Crippen LogP contribution in [0.4, 0.5) is 10.5 Å². The Kier molecular flexibility index (Phi) is 4.97. The fraction of sp³-hybridized carbons (Fsp3) is 0.0556. The Morgan fingerprint density at radius 3 is 2.19 bits per heavy atom. The van der Waals surface area contributed by atoms with E-state index in [-0.39, 0.29) is 11.3 Å². The number of urea groups is 1. The van der Waals surface area contributed by atoms with Crippen molar-refractivity contribution in [3.63, 3.8) is 0 Å². The van der Waals surface area contributed by atoms with Crippen LogP contribution >= 0.6 is 31.9 Å². The highest BCUT2D eigenvalue weighted by Gasteiger charge is 2.36. The molecule has 132 valence electrons. The Morgan fingerprint density at radius 1 is 1.04 bits per heavy atom. The molecule has 0 spiro atoms. The predicted molar refractivity (Wildman–Crippen MR) is 104 cm³/mol. The first-order valence-corrected chi connectivity index (χ1v) is 9.02. The number of benzene rings is 2. The molecule has 0 unspecified atom stereocenters. The van der Waals surface area contributed by atoms with Gasteiger partial charge < -0.3 is 5.11 Å². The summed E-state index contributed by atoms with van der Waals surface area (Å²) >= 11 is 6.40. The van der Waals surface area contributed by atoms with E-state index in [1.165, 1.54) is 6.08 Å². The number of phenols is 1. The van der Waals surface area contributed by atoms with Gasteiger partial charge in [0.1, 0.15) is 11.3 Å². The van der Waals surface area contributed by atoms with Gasteiger partial charge in [0.05, 0.1) is 14.6 Å². The number of hydrogen-bond donors (Lipinski definition) is 2. The lowest BCUT2D eigenvalue weighted by molar-refractivity contribution is -0.122. The fourth-order valence-corrected chi connectivity index (χ4v) is 3.64. The molecule has 2 N–H and O–H groups in total. The average molecular weight is 480 g/mol. The summed E-state index contributed by atoms with van der Waals surface area (Å²) in [5, 5.41) is 11.9. The third-order valence-corrected chi connectivity index (χ3v) is 4.95. The van der Waals surface area contributed by atoms with Crippen molar-refractivity contribution in [1.82, 2.24) is 5.32 Å². The van der Waals surface area contributed by atoms with Crippen LogP contribution in [0.1, 0.15) is 11.1 Å². The maximum Gasteiger partial charge on any atom is 0.335 e.